The van der Waals surface area contributed by atoms with Crippen LogP contribution in [0.2, 0.25) is 0 Å². The quantitative estimate of drug-likeness (QED) is 0.704. The van der Waals surface area contributed by atoms with Gasteiger partial charge in [0.1, 0.15) is 5.75 Å². The van der Waals surface area contributed by atoms with Crippen molar-refractivity contribution in [1.29, 1.82) is 0 Å². The Balaban J connectivity index is 1.43. The smallest absolute Gasteiger partial charge is 0.315 e. The number of benzene rings is 2. The zero-order chi connectivity index (χ0) is 18.8. The van der Waals surface area contributed by atoms with E-state index in [1.54, 1.807) is 7.11 Å². The van der Waals surface area contributed by atoms with Gasteiger partial charge in [0.05, 0.1) is 25.5 Å². The Kier molecular flexibility index (Phi) is 4.71. The number of amides is 2. The predicted molar refractivity (Wildman–Crippen MR) is 105 cm³/mol. The molecule has 140 valence electrons. The van der Waals surface area contributed by atoms with Gasteiger partial charge in [-0.25, -0.2) is 4.79 Å². The molecule has 2 aromatic carbocycles. The monoisotopic (exact) mass is 364 g/mol. The van der Waals surface area contributed by atoms with Crippen LogP contribution >= 0.6 is 0 Å². The van der Waals surface area contributed by atoms with Gasteiger partial charge < -0.3 is 15.4 Å². The maximum atomic E-state index is 12.4. The number of nitrogens with one attached hydrogen (secondary N) is 2. The summed E-state index contributed by atoms with van der Waals surface area (Å²) in [4.78, 5) is 12.4. The Morgan fingerprint density at radius 3 is 2.74 bits per heavy atom. The second kappa shape index (κ2) is 7.31. The summed E-state index contributed by atoms with van der Waals surface area (Å²) < 4.78 is 7.33. The van der Waals surface area contributed by atoms with E-state index < -0.39 is 0 Å². The molecule has 4 rings (SSSR count). The summed E-state index contributed by atoms with van der Waals surface area (Å²) in [5, 5.41) is 12.4. The molecule has 2 amide bonds. The SMILES string of the molecule is COc1ccc2ccccc2c1CNC(=O)NCc1c(C2CC2)cnn1C. The molecule has 0 spiro atoms. The molecule has 0 radical (unpaired) electrons. The van der Waals surface area contributed by atoms with Gasteiger partial charge in [0.25, 0.3) is 0 Å². The first kappa shape index (κ1) is 17.4. The largest absolute Gasteiger partial charge is 0.496 e. The summed E-state index contributed by atoms with van der Waals surface area (Å²) in [7, 11) is 3.57. The highest BCUT2D eigenvalue weighted by molar-refractivity contribution is 5.88. The number of aryl methyl sites for hydroxylation is 1. The maximum absolute atomic E-state index is 12.4. The second-order valence-electron chi connectivity index (χ2n) is 6.95. The zero-order valence-corrected chi connectivity index (χ0v) is 15.7. The molecule has 0 unspecified atom stereocenters. The lowest BCUT2D eigenvalue weighted by atomic mass is 10.0. The zero-order valence-electron chi connectivity index (χ0n) is 15.7. The molecule has 2 N–H and O–H groups in total. The minimum Gasteiger partial charge on any atom is -0.496 e. The van der Waals surface area contributed by atoms with Crippen LogP contribution in [-0.4, -0.2) is 22.9 Å². The fourth-order valence-electron chi connectivity index (χ4n) is 3.52. The first-order valence-electron chi connectivity index (χ1n) is 9.24. The minimum atomic E-state index is -0.201. The van der Waals surface area contributed by atoms with Crippen molar-refractivity contribution in [3.8, 4) is 5.75 Å². The van der Waals surface area contributed by atoms with E-state index in [9.17, 15) is 4.79 Å². The van der Waals surface area contributed by atoms with Gasteiger partial charge in [-0.1, -0.05) is 30.3 Å². The number of ether oxygens (including phenoxy) is 1. The molecule has 0 atom stereocenters. The number of carbonyl (C=O) groups excluding carboxylic acids is 1. The Hall–Kier alpha value is -3.02. The molecule has 27 heavy (non-hydrogen) atoms. The van der Waals surface area contributed by atoms with Gasteiger partial charge in [-0.2, -0.15) is 5.10 Å². The van der Waals surface area contributed by atoms with Crippen LogP contribution in [0.25, 0.3) is 10.8 Å². The Bertz CT molecular complexity index is 975. The minimum absolute atomic E-state index is 0.201. The van der Waals surface area contributed by atoms with E-state index in [0.29, 0.717) is 19.0 Å². The van der Waals surface area contributed by atoms with Crippen LogP contribution in [0.4, 0.5) is 4.79 Å². The number of rotatable bonds is 6. The van der Waals surface area contributed by atoms with E-state index in [1.165, 1.54) is 18.4 Å². The third-order valence-electron chi connectivity index (χ3n) is 5.17. The number of hydrogen-bond acceptors (Lipinski definition) is 3. The van der Waals surface area contributed by atoms with E-state index in [-0.39, 0.29) is 6.03 Å². The van der Waals surface area contributed by atoms with Crippen LogP contribution in [0.15, 0.2) is 42.6 Å². The average molecular weight is 364 g/mol. The van der Waals surface area contributed by atoms with Gasteiger partial charge in [-0.15, -0.1) is 0 Å². The summed E-state index contributed by atoms with van der Waals surface area (Å²) in [5.41, 5.74) is 3.31. The van der Waals surface area contributed by atoms with Gasteiger partial charge in [-0.3, -0.25) is 4.68 Å². The molecule has 6 nitrogen and oxygen atoms in total. The van der Waals surface area contributed by atoms with Crippen LogP contribution in [0.5, 0.6) is 5.75 Å². The lowest BCUT2D eigenvalue weighted by Gasteiger charge is -2.14. The van der Waals surface area contributed by atoms with Crippen molar-refractivity contribution in [1.82, 2.24) is 20.4 Å². The molecule has 0 bridgehead atoms. The van der Waals surface area contributed by atoms with E-state index >= 15 is 0 Å². The summed E-state index contributed by atoms with van der Waals surface area (Å²) in [6.07, 6.45) is 4.35. The summed E-state index contributed by atoms with van der Waals surface area (Å²) in [6, 6.07) is 11.9. The second-order valence-corrected chi connectivity index (χ2v) is 6.95. The number of aromatic nitrogens is 2. The first-order chi connectivity index (χ1) is 13.2. The Morgan fingerprint density at radius 2 is 1.96 bits per heavy atom. The highest BCUT2D eigenvalue weighted by Crippen LogP contribution is 2.41. The molecule has 3 aromatic rings. The number of fused-ring (bicyclic) bond motifs is 1. The van der Waals surface area contributed by atoms with Gasteiger partial charge in [0, 0.05) is 19.2 Å². The number of urea groups is 1. The Morgan fingerprint density at radius 1 is 1.19 bits per heavy atom. The van der Waals surface area contributed by atoms with Crippen LogP contribution in [-0.2, 0) is 20.1 Å². The predicted octanol–water partition coefficient (Wildman–Crippen LogP) is 3.46. The van der Waals surface area contributed by atoms with Gasteiger partial charge in [0.15, 0.2) is 0 Å². The summed E-state index contributed by atoms with van der Waals surface area (Å²) in [5.74, 6) is 1.38. The van der Waals surface area contributed by atoms with E-state index in [4.69, 9.17) is 4.74 Å². The third kappa shape index (κ3) is 3.60. The third-order valence-corrected chi connectivity index (χ3v) is 5.17. The normalized spacial score (nSPS) is 13.6. The van der Waals surface area contributed by atoms with Crippen LogP contribution in [0.1, 0.15) is 35.6 Å². The standard InChI is InChI=1S/C21H24N4O2/c1-25-19(17(12-24-25)15-7-8-15)13-23-21(26)22-11-18-16-6-4-3-5-14(16)9-10-20(18)27-2/h3-6,9-10,12,15H,7-8,11,13H2,1-2H3,(H2,22,23,26). The molecule has 1 fully saturated rings. The summed E-state index contributed by atoms with van der Waals surface area (Å²) >= 11 is 0. The molecular weight excluding hydrogens is 340 g/mol. The molecule has 1 saturated carbocycles. The van der Waals surface area contributed by atoms with E-state index in [1.807, 2.05) is 48.3 Å². The lowest BCUT2D eigenvalue weighted by Crippen LogP contribution is -2.35. The average Bonchev–Trinajstić information content (AvgIpc) is 3.47. The Labute approximate surface area is 158 Å². The lowest BCUT2D eigenvalue weighted by molar-refractivity contribution is 0.239. The molecule has 1 heterocycles. The van der Waals surface area contributed by atoms with Crippen molar-refractivity contribution in [2.24, 2.45) is 7.05 Å². The number of hydrogen-bond donors (Lipinski definition) is 2. The first-order valence-corrected chi connectivity index (χ1v) is 9.24. The van der Waals surface area contributed by atoms with E-state index in [2.05, 4.69) is 21.8 Å². The number of carbonyl (C=O) groups is 1. The molecule has 6 heteroatoms. The molecule has 1 aromatic heterocycles. The molecule has 0 aliphatic heterocycles. The highest BCUT2D eigenvalue weighted by atomic mass is 16.5. The summed E-state index contributed by atoms with van der Waals surface area (Å²) in [6.45, 7) is 0.873. The molecule has 1 aliphatic rings. The van der Waals surface area contributed by atoms with Crippen LogP contribution < -0.4 is 15.4 Å². The van der Waals surface area contributed by atoms with Crippen molar-refractivity contribution in [2.75, 3.05) is 7.11 Å². The van der Waals surface area contributed by atoms with Gasteiger partial charge >= 0.3 is 6.03 Å². The van der Waals surface area contributed by atoms with Gasteiger partial charge in [-0.05, 0) is 41.2 Å². The van der Waals surface area contributed by atoms with Crippen molar-refractivity contribution in [2.45, 2.75) is 31.8 Å². The topological polar surface area (TPSA) is 68.2 Å². The highest BCUT2D eigenvalue weighted by Gasteiger charge is 2.28. The molecular formula is C21H24N4O2. The fraction of sp³-hybridized carbons (Fsp3) is 0.333. The van der Waals surface area contributed by atoms with Crippen LogP contribution in [0.3, 0.4) is 0 Å². The van der Waals surface area contributed by atoms with E-state index in [0.717, 1.165) is 27.8 Å². The maximum Gasteiger partial charge on any atom is 0.315 e. The molecule has 1 aliphatic carbocycles. The number of nitrogens with zero attached hydrogens (tertiary/aromatic N) is 2. The fourth-order valence-corrected chi connectivity index (χ4v) is 3.52. The van der Waals surface area contributed by atoms with Crippen molar-refractivity contribution in [3.63, 3.8) is 0 Å². The molecule has 0 saturated heterocycles. The van der Waals surface area contributed by atoms with Crippen molar-refractivity contribution >= 4 is 16.8 Å². The van der Waals surface area contributed by atoms with Gasteiger partial charge in [0.2, 0.25) is 0 Å². The van der Waals surface area contributed by atoms with Crippen molar-refractivity contribution < 1.29 is 9.53 Å². The van der Waals surface area contributed by atoms with Crippen molar-refractivity contribution in [3.05, 3.63) is 59.4 Å². The number of methoxy groups -OCH3 is 1. The van der Waals surface area contributed by atoms with Crippen LogP contribution in [0, 0.1) is 0 Å².